The highest BCUT2D eigenvalue weighted by atomic mass is 35.5. The molecule has 1 aliphatic heterocycles. The number of carbonyl (C=O) groups is 1. The van der Waals surface area contributed by atoms with E-state index in [0.29, 0.717) is 23.1 Å². The Hall–Kier alpha value is -2.31. The number of rotatable bonds is 18. The van der Waals surface area contributed by atoms with Crippen LogP contribution >= 0.6 is 23.4 Å². The third-order valence-electron chi connectivity index (χ3n) is 6.87. The van der Waals surface area contributed by atoms with Crippen LogP contribution in [0.3, 0.4) is 0 Å². The monoisotopic (exact) mass is 571 g/mol. The van der Waals surface area contributed by atoms with Crippen molar-refractivity contribution in [3.8, 4) is 5.75 Å². The van der Waals surface area contributed by atoms with Gasteiger partial charge in [-0.1, -0.05) is 101 Å². The van der Waals surface area contributed by atoms with Gasteiger partial charge in [-0.3, -0.25) is 0 Å². The number of ether oxygens (including phenoxy) is 1. The van der Waals surface area contributed by atoms with Gasteiger partial charge in [0.05, 0.1) is 18.2 Å². The predicted octanol–water partition coefficient (Wildman–Crippen LogP) is 10.4. The first-order chi connectivity index (χ1) is 19.0. The average Bonchev–Trinajstić information content (AvgIpc) is 3.33. The third-order valence-corrected chi connectivity index (χ3v) is 8.12. The number of urea groups is 1. The Morgan fingerprint density at radius 2 is 1.54 bits per heavy atom. The van der Waals surface area contributed by atoms with E-state index in [0.717, 1.165) is 31.0 Å². The van der Waals surface area contributed by atoms with Crippen LogP contribution in [0.5, 0.6) is 5.75 Å². The van der Waals surface area contributed by atoms with E-state index < -0.39 is 0 Å². The van der Waals surface area contributed by atoms with E-state index >= 15 is 0 Å². The van der Waals surface area contributed by atoms with Crippen molar-refractivity contribution in [2.75, 3.05) is 23.1 Å². The second kappa shape index (κ2) is 18.1. The van der Waals surface area contributed by atoms with Crippen LogP contribution in [0.15, 0.2) is 53.6 Å². The number of unbranched alkanes of at least 4 members (excludes halogenated alkanes) is 11. The van der Waals surface area contributed by atoms with Crippen molar-refractivity contribution < 1.29 is 9.53 Å². The zero-order chi connectivity index (χ0) is 27.7. The minimum Gasteiger partial charge on any atom is -0.491 e. The first-order valence-electron chi connectivity index (χ1n) is 14.7. The van der Waals surface area contributed by atoms with Crippen LogP contribution in [0.25, 0.3) is 0 Å². The Labute approximate surface area is 245 Å². The molecule has 0 aliphatic carbocycles. The fraction of sp³-hybridized carbons (Fsp3) is 0.531. The highest BCUT2D eigenvalue weighted by molar-refractivity contribution is 8.03. The van der Waals surface area contributed by atoms with E-state index in [1.807, 2.05) is 36.0 Å². The number of benzene rings is 2. The molecule has 0 bridgehead atoms. The fourth-order valence-corrected chi connectivity index (χ4v) is 5.59. The molecule has 0 atom stereocenters. The number of allylic oxidation sites excluding steroid dienone is 1. The van der Waals surface area contributed by atoms with Crippen molar-refractivity contribution in [2.24, 2.45) is 0 Å². The van der Waals surface area contributed by atoms with Gasteiger partial charge in [0.25, 0.3) is 0 Å². The van der Waals surface area contributed by atoms with Crippen LogP contribution in [0, 0.1) is 0 Å². The normalized spacial score (nSPS) is 12.9. The molecule has 1 heterocycles. The topological polar surface area (TPSA) is 53.6 Å². The van der Waals surface area contributed by atoms with Crippen molar-refractivity contribution in [1.29, 1.82) is 0 Å². The lowest BCUT2D eigenvalue weighted by Gasteiger charge is -2.15. The molecule has 39 heavy (non-hydrogen) atoms. The van der Waals surface area contributed by atoms with Crippen LogP contribution in [-0.4, -0.2) is 23.4 Å². The summed E-state index contributed by atoms with van der Waals surface area (Å²) >= 11 is 8.06. The van der Waals surface area contributed by atoms with Crippen molar-refractivity contribution >= 4 is 40.8 Å². The molecule has 0 saturated heterocycles. The Bertz CT molecular complexity index is 1030. The molecule has 0 unspecified atom stereocenters. The van der Waals surface area contributed by atoms with E-state index in [4.69, 9.17) is 16.3 Å². The highest BCUT2D eigenvalue weighted by Gasteiger charge is 2.11. The van der Waals surface area contributed by atoms with Gasteiger partial charge in [-0.25, -0.2) is 4.79 Å². The summed E-state index contributed by atoms with van der Waals surface area (Å²) in [6, 6.07) is 13.0. The molecule has 214 valence electrons. The molecule has 2 aromatic carbocycles. The molecule has 2 amide bonds. The first-order valence-corrected chi connectivity index (χ1v) is 16.0. The van der Waals surface area contributed by atoms with E-state index in [2.05, 4.69) is 35.6 Å². The third kappa shape index (κ3) is 12.6. The molecule has 0 radical (unpaired) electrons. The number of amides is 2. The first kappa shape index (κ1) is 31.2. The molecule has 5 nitrogen and oxygen atoms in total. The molecule has 7 heteroatoms. The number of nitrogens with zero attached hydrogens (tertiary/aromatic N) is 1. The lowest BCUT2D eigenvalue weighted by molar-refractivity contribution is 0.261. The summed E-state index contributed by atoms with van der Waals surface area (Å²) in [6.07, 6.45) is 17.9. The SMILES string of the molecule is CCCCCCCCCCCCCCOc1cc(Cl)ccc1NC(=O)Nc1ccc(CN2C=C(C)SC2)cc1. The molecular weight excluding hydrogens is 526 g/mol. The van der Waals surface area contributed by atoms with Crippen molar-refractivity contribution in [2.45, 2.75) is 97.4 Å². The van der Waals surface area contributed by atoms with Gasteiger partial charge in [-0.2, -0.15) is 0 Å². The van der Waals surface area contributed by atoms with E-state index in [1.165, 1.54) is 74.7 Å². The number of hydrogen-bond donors (Lipinski definition) is 2. The average molecular weight is 572 g/mol. The number of carbonyl (C=O) groups excluding carboxylic acids is 1. The number of hydrogen-bond acceptors (Lipinski definition) is 4. The van der Waals surface area contributed by atoms with E-state index in [-0.39, 0.29) is 6.03 Å². The zero-order valence-electron chi connectivity index (χ0n) is 23.8. The van der Waals surface area contributed by atoms with Crippen LogP contribution in [0.4, 0.5) is 16.2 Å². The lowest BCUT2D eigenvalue weighted by Crippen LogP contribution is -2.20. The van der Waals surface area contributed by atoms with Crippen LogP contribution in [-0.2, 0) is 6.54 Å². The molecule has 1 aliphatic rings. The molecule has 2 N–H and O–H groups in total. The van der Waals surface area contributed by atoms with Gasteiger partial charge >= 0.3 is 6.03 Å². The van der Waals surface area contributed by atoms with Crippen molar-refractivity contribution in [3.63, 3.8) is 0 Å². The van der Waals surface area contributed by atoms with Gasteiger partial charge in [-0.15, -0.1) is 11.8 Å². The maximum Gasteiger partial charge on any atom is 0.323 e. The van der Waals surface area contributed by atoms with Gasteiger partial charge < -0.3 is 20.3 Å². The minimum absolute atomic E-state index is 0.310. The maximum absolute atomic E-state index is 12.7. The maximum atomic E-state index is 12.7. The molecule has 0 spiro atoms. The van der Waals surface area contributed by atoms with Gasteiger partial charge in [0.15, 0.2) is 0 Å². The summed E-state index contributed by atoms with van der Waals surface area (Å²) in [7, 11) is 0. The molecule has 3 rings (SSSR count). The summed E-state index contributed by atoms with van der Waals surface area (Å²) in [4.78, 5) is 16.3. The molecular formula is C32H46ClN3O2S. The van der Waals surface area contributed by atoms with Gasteiger partial charge in [-0.05, 0) is 48.1 Å². The lowest BCUT2D eigenvalue weighted by atomic mass is 10.1. The number of nitrogens with one attached hydrogen (secondary N) is 2. The highest BCUT2D eigenvalue weighted by Crippen LogP contribution is 2.29. The van der Waals surface area contributed by atoms with Gasteiger partial charge in [0.2, 0.25) is 0 Å². The summed E-state index contributed by atoms with van der Waals surface area (Å²) in [5.74, 6) is 1.59. The predicted molar refractivity (Wildman–Crippen MR) is 169 cm³/mol. The fourth-order valence-electron chi connectivity index (χ4n) is 4.66. The summed E-state index contributed by atoms with van der Waals surface area (Å²) in [6.45, 7) is 5.87. The summed E-state index contributed by atoms with van der Waals surface area (Å²) in [5, 5.41) is 6.40. The Balaban J connectivity index is 1.33. The van der Waals surface area contributed by atoms with E-state index in [9.17, 15) is 4.79 Å². The molecule has 2 aromatic rings. The molecule has 0 fully saturated rings. The second-order valence-corrected chi connectivity index (χ2v) is 12.0. The van der Waals surface area contributed by atoms with Gasteiger partial charge in [0, 0.05) is 29.5 Å². The smallest absolute Gasteiger partial charge is 0.323 e. The Morgan fingerprint density at radius 3 is 2.15 bits per heavy atom. The zero-order valence-corrected chi connectivity index (χ0v) is 25.3. The van der Waals surface area contributed by atoms with Crippen molar-refractivity contribution in [1.82, 2.24) is 4.90 Å². The standard InChI is InChI=1S/C32H46ClN3O2S/c1-3-4-5-6-7-8-9-10-11-12-13-14-21-38-31-22-28(33)17-20-30(31)35-32(37)34-29-18-15-27(16-19-29)24-36-23-26(2)39-25-36/h15-20,22-23H,3-14,21,24-25H2,1-2H3,(H2,34,35,37). The number of halogens is 1. The van der Waals surface area contributed by atoms with Crippen molar-refractivity contribution in [3.05, 3.63) is 64.2 Å². The second-order valence-electron chi connectivity index (χ2n) is 10.4. The number of anilines is 2. The number of thioether (sulfide) groups is 1. The quantitative estimate of drug-likeness (QED) is 0.175. The van der Waals surface area contributed by atoms with Crippen LogP contribution in [0.1, 0.15) is 96.5 Å². The Kier molecular flexibility index (Phi) is 14.5. The summed E-state index contributed by atoms with van der Waals surface area (Å²) < 4.78 is 6.01. The van der Waals surface area contributed by atoms with Crippen LogP contribution in [0.2, 0.25) is 5.02 Å². The summed E-state index contributed by atoms with van der Waals surface area (Å²) in [5.41, 5.74) is 2.56. The van der Waals surface area contributed by atoms with E-state index in [1.54, 1.807) is 18.2 Å². The van der Waals surface area contributed by atoms with Gasteiger partial charge in [0.1, 0.15) is 5.75 Å². The van der Waals surface area contributed by atoms with Crippen LogP contribution < -0.4 is 15.4 Å². The molecule has 0 aromatic heterocycles. The molecule has 0 saturated carbocycles. The minimum atomic E-state index is -0.310. The largest absolute Gasteiger partial charge is 0.491 e. The Morgan fingerprint density at radius 1 is 0.897 bits per heavy atom.